The van der Waals surface area contributed by atoms with Gasteiger partial charge in [0.15, 0.2) is 0 Å². The number of benzene rings is 2. The van der Waals surface area contributed by atoms with Crippen LogP contribution < -0.4 is 4.74 Å². The first-order valence-corrected chi connectivity index (χ1v) is 12.5. The molecule has 1 amide bonds. The average Bonchev–Trinajstić information content (AvgIpc) is 2.91. The first-order chi connectivity index (χ1) is 17.0. The molecule has 3 heterocycles. The van der Waals surface area contributed by atoms with E-state index < -0.39 is 5.41 Å². The normalized spacial score (nSPS) is 19.8. The van der Waals surface area contributed by atoms with Crippen molar-refractivity contribution in [2.24, 2.45) is 0 Å². The van der Waals surface area contributed by atoms with E-state index in [1.165, 1.54) is 5.56 Å². The van der Waals surface area contributed by atoms with Crippen molar-refractivity contribution in [3.63, 3.8) is 0 Å². The number of piperidine rings is 1. The minimum absolute atomic E-state index is 0.135. The van der Waals surface area contributed by atoms with Crippen LogP contribution in [0.5, 0.6) is 11.6 Å². The summed E-state index contributed by atoms with van der Waals surface area (Å²) in [4.78, 5) is 25.3. The Bertz CT molecular complexity index is 1170. The van der Waals surface area contributed by atoms with Gasteiger partial charge in [0, 0.05) is 38.4 Å². The molecule has 0 aliphatic carbocycles. The maximum Gasteiger partial charge on any atom is 0.238 e. The van der Waals surface area contributed by atoms with Crippen LogP contribution in [0.15, 0.2) is 60.9 Å². The van der Waals surface area contributed by atoms with Crippen molar-refractivity contribution in [2.45, 2.75) is 50.9 Å². The fourth-order valence-electron chi connectivity index (χ4n) is 5.32. The van der Waals surface area contributed by atoms with Gasteiger partial charge >= 0.3 is 0 Å². The Morgan fingerprint density at radius 2 is 1.83 bits per heavy atom. The molecule has 182 valence electrons. The fourth-order valence-corrected chi connectivity index (χ4v) is 5.32. The Balaban J connectivity index is 1.36. The Morgan fingerprint density at radius 3 is 2.60 bits per heavy atom. The van der Waals surface area contributed by atoms with Crippen LogP contribution in [-0.4, -0.2) is 47.1 Å². The van der Waals surface area contributed by atoms with E-state index in [9.17, 15) is 4.79 Å². The molecule has 0 radical (unpaired) electrons. The number of carbonyl (C=O) groups is 1. The third kappa shape index (κ3) is 4.94. The lowest BCUT2D eigenvalue weighted by molar-refractivity contribution is -0.142. The van der Waals surface area contributed by atoms with E-state index in [-0.39, 0.29) is 11.8 Å². The van der Waals surface area contributed by atoms with Gasteiger partial charge in [0.2, 0.25) is 11.8 Å². The fraction of sp³-hybridized carbons (Fsp3) is 0.414. The molecule has 35 heavy (non-hydrogen) atoms. The van der Waals surface area contributed by atoms with Gasteiger partial charge in [-0.1, -0.05) is 48.0 Å². The van der Waals surface area contributed by atoms with Gasteiger partial charge in [-0.2, -0.15) is 0 Å². The molecule has 2 fully saturated rings. The van der Waals surface area contributed by atoms with Gasteiger partial charge in [-0.25, -0.2) is 4.98 Å². The lowest BCUT2D eigenvalue weighted by atomic mass is 9.72. The third-order valence-corrected chi connectivity index (χ3v) is 7.43. The summed E-state index contributed by atoms with van der Waals surface area (Å²) in [6.45, 7) is 6.74. The maximum atomic E-state index is 14.1. The molecule has 1 atom stereocenters. The summed E-state index contributed by atoms with van der Waals surface area (Å²) in [5, 5.41) is 0. The summed E-state index contributed by atoms with van der Waals surface area (Å²) < 4.78 is 11.7. The van der Waals surface area contributed by atoms with Crippen LogP contribution in [0.1, 0.15) is 54.0 Å². The van der Waals surface area contributed by atoms with E-state index in [1.54, 1.807) is 6.20 Å². The van der Waals surface area contributed by atoms with E-state index in [1.807, 2.05) is 37.4 Å². The topological polar surface area (TPSA) is 64.6 Å². The standard InChI is InChI=1S/C29H33N3O3/c1-21-9-11-24(12-10-21)29(13-16-34-17-14-29)28(33)32-15-5-7-23(20-32)25-18-30-19-27(31-25)35-26-8-4-3-6-22(26)2/h3-4,6,8-12,18-19,23H,5,7,13-17,20H2,1-2H3/t23-/m1/s1. The SMILES string of the molecule is Cc1ccc(C2(C(=O)N3CCC[C@@H](c4cncc(Oc5ccccc5C)n4)C3)CCOCC2)cc1. The summed E-state index contributed by atoms with van der Waals surface area (Å²) in [7, 11) is 0. The second-order valence-electron chi connectivity index (χ2n) is 9.80. The molecule has 2 aliphatic heterocycles. The van der Waals surface area contributed by atoms with E-state index in [2.05, 4.69) is 41.1 Å². The third-order valence-electron chi connectivity index (χ3n) is 7.43. The van der Waals surface area contributed by atoms with Crippen LogP contribution in [0.25, 0.3) is 0 Å². The molecule has 1 aromatic heterocycles. The van der Waals surface area contributed by atoms with E-state index in [4.69, 9.17) is 14.5 Å². The van der Waals surface area contributed by atoms with Crippen molar-refractivity contribution in [3.8, 4) is 11.6 Å². The van der Waals surface area contributed by atoms with E-state index in [0.717, 1.165) is 54.8 Å². The summed E-state index contributed by atoms with van der Waals surface area (Å²) in [5.74, 6) is 1.62. The Hall–Kier alpha value is -3.25. The molecule has 3 aromatic rings. The predicted molar refractivity (Wildman–Crippen MR) is 135 cm³/mol. The number of para-hydroxylation sites is 1. The number of ether oxygens (including phenoxy) is 2. The second kappa shape index (κ2) is 10.2. The zero-order valence-corrected chi connectivity index (χ0v) is 20.6. The van der Waals surface area contributed by atoms with Crippen LogP contribution in [0.3, 0.4) is 0 Å². The number of likely N-dealkylation sites (tertiary alicyclic amines) is 1. The molecular weight excluding hydrogens is 438 g/mol. The molecule has 0 bridgehead atoms. The van der Waals surface area contributed by atoms with Gasteiger partial charge in [0.25, 0.3) is 0 Å². The molecule has 6 nitrogen and oxygen atoms in total. The second-order valence-corrected chi connectivity index (χ2v) is 9.80. The summed E-state index contributed by atoms with van der Waals surface area (Å²) >= 11 is 0. The number of carbonyl (C=O) groups excluding carboxylic acids is 1. The molecule has 2 aliphatic rings. The zero-order valence-electron chi connectivity index (χ0n) is 20.6. The minimum Gasteiger partial charge on any atom is -0.437 e. The number of amides is 1. The highest BCUT2D eigenvalue weighted by atomic mass is 16.5. The number of hydrogen-bond donors (Lipinski definition) is 0. The van der Waals surface area contributed by atoms with Crippen molar-refractivity contribution < 1.29 is 14.3 Å². The van der Waals surface area contributed by atoms with Crippen molar-refractivity contribution in [3.05, 3.63) is 83.3 Å². The van der Waals surface area contributed by atoms with Crippen LogP contribution in [0, 0.1) is 13.8 Å². The molecule has 0 unspecified atom stereocenters. The van der Waals surface area contributed by atoms with Gasteiger partial charge < -0.3 is 14.4 Å². The summed E-state index contributed by atoms with van der Waals surface area (Å²) in [6, 6.07) is 16.3. The first-order valence-electron chi connectivity index (χ1n) is 12.5. The maximum absolute atomic E-state index is 14.1. The van der Waals surface area contributed by atoms with Crippen LogP contribution >= 0.6 is 0 Å². The van der Waals surface area contributed by atoms with E-state index >= 15 is 0 Å². The molecule has 0 N–H and O–H groups in total. The van der Waals surface area contributed by atoms with Crippen LogP contribution in [-0.2, 0) is 14.9 Å². The number of aromatic nitrogens is 2. The highest BCUT2D eigenvalue weighted by Gasteiger charge is 2.45. The average molecular weight is 472 g/mol. The Kier molecular flexibility index (Phi) is 6.82. The van der Waals surface area contributed by atoms with Crippen molar-refractivity contribution in [2.75, 3.05) is 26.3 Å². The monoisotopic (exact) mass is 471 g/mol. The number of nitrogens with zero attached hydrogens (tertiary/aromatic N) is 3. The molecular formula is C29H33N3O3. The smallest absolute Gasteiger partial charge is 0.238 e. The number of rotatable bonds is 5. The highest BCUT2D eigenvalue weighted by Crippen LogP contribution is 2.39. The van der Waals surface area contributed by atoms with Crippen molar-refractivity contribution in [1.82, 2.24) is 14.9 Å². The molecule has 2 aromatic carbocycles. The predicted octanol–water partition coefficient (Wildman–Crippen LogP) is 5.34. The van der Waals surface area contributed by atoms with Gasteiger partial charge in [-0.05, 0) is 56.7 Å². The summed E-state index contributed by atoms with van der Waals surface area (Å²) in [6.07, 6.45) is 6.82. The molecule has 2 saturated heterocycles. The number of aryl methyl sites for hydroxylation is 2. The molecule has 6 heteroatoms. The zero-order chi connectivity index (χ0) is 24.3. The van der Waals surface area contributed by atoms with Crippen molar-refractivity contribution in [1.29, 1.82) is 0 Å². The van der Waals surface area contributed by atoms with Gasteiger partial charge in [-0.3, -0.25) is 9.78 Å². The molecule has 0 spiro atoms. The molecule has 0 saturated carbocycles. The quantitative estimate of drug-likeness (QED) is 0.503. The molecule has 5 rings (SSSR count). The Morgan fingerprint density at radius 1 is 1.06 bits per heavy atom. The lowest BCUT2D eigenvalue weighted by Gasteiger charge is -2.42. The van der Waals surface area contributed by atoms with Crippen LogP contribution in [0.4, 0.5) is 0 Å². The highest BCUT2D eigenvalue weighted by molar-refractivity contribution is 5.88. The largest absolute Gasteiger partial charge is 0.437 e. The van der Waals surface area contributed by atoms with Crippen molar-refractivity contribution >= 4 is 5.91 Å². The number of hydrogen-bond acceptors (Lipinski definition) is 5. The van der Waals surface area contributed by atoms with Gasteiger partial charge in [0.05, 0.1) is 17.3 Å². The van der Waals surface area contributed by atoms with E-state index in [0.29, 0.717) is 25.6 Å². The van der Waals surface area contributed by atoms with Gasteiger partial charge in [-0.15, -0.1) is 0 Å². The summed E-state index contributed by atoms with van der Waals surface area (Å²) in [5.41, 5.74) is 3.71. The minimum atomic E-state index is -0.519. The van der Waals surface area contributed by atoms with Gasteiger partial charge in [0.1, 0.15) is 5.75 Å². The van der Waals surface area contributed by atoms with Crippen LogP contribution in [0.2, 0.25) is 0 Å². The lowest BCUT2D eigenvalue weighted by Crippen LogP contribution is -2.52. The Labute approximate surface area is 207 Å². The first kappa shape index (κ1) is 23.5.